The molecule has 0 aliphatic rings. The minimum Gasteiger partial charge on any atom is -0.465 e. The summed E-state index contributed by atoms with van der Waals surface area (Å²) in [6.07, 6.45) is 0.606. The molecule has 0 aliphatic heterocycles. The lowest BCUT2D eigenvalue weighted by Crippen LogP contribution is -2.34. The van der Waals surface area contributed by atoms with Gasteiger partial charge in [0.05, 0.1) is 7.11 Å². The molecule has 0 spiro atoms. The van der Waals surface area contributed by atoms with E-state index in [1.165, 1.54) is 13.2 Å². The maximum absolute atomic E-state index is 12.4. The van der Waals surface area contributed by atoms with Gasteiger partial charge in [0.2, 0.25) is 10.0 Å². The third-order valence-corrected chi connectivity index (χ3v) is 6.29. The molecular weight excluding hydrogens is 330 g/mol. The Bertz CT molecular complexity index is 704. The highest BCUT2D eigenvalue weighted by atomic mass is 32.2. The maximum atomic E-state index is 12.4. The van der Waals surface area contributed by atoms with Crippen molar-refractivity contribution in [3.63, 3.8) is 0 Å². The summed E-state index contributed by atoms with van der Waals surface area (Å²) in [6.45, 7) is 1.79. The third kappa shape index (κ3) is 3.91. The normalized spacial score (nSPS) is 13.0. The quantitative estimate of drug-likeness (QED) is 0.817. The Morgan fingerprint density at radius 1 is 1.33 bits per heavy atom. The number of carbonyl (C=O) groups excluding carboxylic acids is 1. The molecule has 5 nitrogen and oxygen atoms in total. The van der Waals surface area contributed by atoms with Gasteiger partial charge in [0, 0.05) is 10.9 Å². The van der Waals surface area contributed by atoms with Gasteiger partial charge in [-0.2, -0.15) is 0 Å². The summed E-state index contributed by atoms with van der Waals surface area (Å²) < 4.78 is 31.9. The van der Waals surface area contributed by atoms with Crippen LogP contribution in [0.2, 0.25) is 0 Å². The molecule has 0 aliphatic carbocycles. The standard InChI is InChI=1S/C13H15NO4S3/c1-9(8-10-4-3-6-19-10)14-21(16,17)11-5-7-20-12(11)13(15)18-2/h3-7,9,14H,8H2,1-2H3. The molecule has 0 fully saturated rings. The van der Waals surface area contributed by atoms with Crippen molar-refractivity contribution in [2.24, 2.45) is 0 Å². The SMILES string of the molecule is COC(=O)c1sccc1S(=O)(=O)NC(C)Cc1cccs1. The van der Waals surface area contributed by atoms with Crippen LogP contribution in [0.3, 0.4) is 0 Å². The van der Waals surface area contributed by atoms with Gasteiger partial charge in [0.15, 0.2) is 0 Å². The number of nitrogens with one attached hydrogen (secondary N) is 1. The van der Waals surface area contributed by atoms with Crippen LogP contribution < -0.4 is 4.72 Å². The van der Waals surface area contributed by atoms with Crippen molar-refractivity contribution >= 4 is 38.7 Å². The van der Waals surface area contributed by atoms with Gasteiger partial charge in [-0.25, -0.2) is 17.9 Å². The second kappa shape index (κ2) is 6.69. The molecule has 0 saturated carbocycles. The van der Waals surface area contributed by atoms with Crippen LogP contribution in [-0.2, 0) is 21.2 Å². The summed E-state index contributed by atoms with van der Waals surface area (Å²) in [5.41, 5.74) is 0. The van der Waals surface area contributed by atoms with Crippen molar-refractivity contribution in [3.05, 3.63) is 38.7 Å². The first-order valence-electron chi connectivity index (χ1n) is 6.14. The van der Waals surface area contributed by atoms with Crippen LogP contribution >= 0.6 is 22.7 Å². The van der Waals surface area contributed by atoms with Crippen molar-refractivity contribution in [2.45, 2.75) is 24.3 Å². The summed E-state index contributed by atoms with van der Waals surface area (Å²) in [5.74, 6) is -0.642. The van der Waals surface area contributed by atoms with E-state index in [-0.39, 0.29) is 15.8 Å². The highest BCUT2D eigenvalue weighted by Gasteiger charge is 2.26. The number of methoxy groups -OCH3 is 1. The largest absolute Gasteiger partial charge is 0.465 e. The van der Waals surface area contributed by atoms with E-state index in [1.807, 2.05) is 17.5 Å². The van der Waals surface area contributed by atoms with E-state index in [2.05, 4.69) is 9.46 Å². The van der Waals surface area contributed by atoms with Gasteiger partial charge in [-0.3, -0.25) is 0 Å². The van der Waals surface area contributed by atoms with Gasteiger partial charge in [-0.05, 0) is 36.2 Å². The number of esters is 1. The predicted octanol–water partition coefficient (Wildman–Crippen LogP) is 2.51. The maximum Gasteiger partial charge on any atom is 0.349 e. The van der Waals surface area contributed by atoms with Crippen molar-refractivity contribution in [3.8, 4) is 0 Å². The number of hydrogen-bond acceptors (Lipinski definition) is 6. The zero-order valence-corrected chi connectivity index (χ0v) is 14.0. The average molecular weight is 345 g/mol. The Balaban J connectivity index is 2.15. The Morgan fingerprint density at radius 3 is 2.71 bits per heavy atom. The Hall–Kier alpha value is -1.22. The number of carbonyl (C=O) groups is 1. The highest BCUT2D eigenvalue weighted by Crippen LogP contribution is 2.23. The molecule has 0 saturated heterocycles. The van der Waals surface area contributed by atoms with Crippen LogP contribution in [0.5, 0.6) is 0 Å². The molecule has 2 aromatic rings. The molecule has 0 amide bonds. The first-order valence-corrected chi connectivity index (χ1v) is 9.39. The lowest BCUT2D eigenvalue weighted by atomic mass is 10.2. The summed E-state index contributed by atoms with van der Waals surface area (Å²) in [6, 6.07) is 5.03. The lowest BCUT2D eigenvalue weighted by molar-refractivity contribution is 0.0602. The average Bonchev–Trinajstić information content (AvgIpc) is 3.07. The lowest BCUT2D eigenvalue weighted by Gasteiger charge is -2.13. The zero-order chi connectivity index (χ0) is 15.5. The van der Waals surface area contributed by atoms with E-state index in [4.69, 9.17) is 0 Å². The molecule has 0 bridgehead atoms. The summed E-state index contributed by atoms with van der Waals surface area (Å²) >= 11 is 2.63. The van der Waals surface area contributed by atoms with Gasteiger partial charge in [0.25, 0.3) is 0 Å². The molecule has 2 rings (SSSR count). The summed E-state index contributed by atoms with van der Waals surface area (Å²) in [7, 11) is -2.51. The van der Waals surface area contributed by atoms with Gasteiger partial charge in [-0.15, -0.1) is 22.7 Å². The van der Waals surface area contributed by atoms with E-state index < -0.39 is 16.0 Å². The number of hydrogen-bond donors (Lipinski definition) is 1. The second-order valence-corrected chi connectivity index (χ2v) is 8.04. The Labute approximate surface area is 131 Å². The summed E-state index contributed by atoms with van der Waals surface area (Å²) in [5, 5.41) is 3.51. The van der Waals surface area contributed by atoms with Crippen molar-refractivity contribution in [1.82, 2.24) is 4.72 Å². The molecule has 1 unspecified atom stereocenters. The molecule has 2 aromatic heterocycles. The first kappa shape index (κ1) is 16.2. The van der Waals surface area contributed by atoms with Crippen LogP contribution in [0.15, 0.2) is 33.9 Å². The molecular formula is C13H15NO4S3. The predicted molar refractivity (Wildman–Crippen MR) is 83.5 cm³/mol. The first-order chi connectivity index (χ1) is 9.94. The van der Waals surface area contributed by atoms with Crippen LogP contribution in [0.4, 0.5) is 0 Å². The zero-order valence-electron chi connectivity index (χ0n) is 11.5. The van der Waals surface area contributed by atoms with E-state index in [0.717, 1.165) is 16.2 Å². The highest BCUT2D eigenvalue weighted by molar-refractivity contribution is 7.89. The van der Waals surface area contributed by atoms with Crippen molar-refractivity contribution < 1.29 is 17.9 Å². The second-order valence-electron chi connectivity index (χ2n) is 4.41. The molecule has 2 heterocycles. The molecule has 114 valence electrons. The van der Waals surface area contributed by atoms with E-state index in [0.29, 0.717) is 6.42 Å². The molecule has 21 heavy (non-hydrogen) atoms. The third-order valence-electron chi connectivity index (χ3n) is 2.73. The topological polar surface area (TPSA) is 72.5 Å². The number of ether oxygens (including phenoxy) is 1. The molecule has 0 aromatic carbocycles. The fourth-order valence-corrected chi connectivity index (χ4v) is 5.26. The van der Waals surface area contributed by atoms with Crippen molar-refractivity contribution in [2.75, 3.05) is 7.11 Å². The molecule has 8 heteroatoms. The van der Waals surface area contributed by atoms with Gasteiger partial charge >= 0.3 is 5.97 Å². The monoisotopic (exact) mass is 345 g/mol. The van der Waals surface area contributed by atoms with Crippen LogP contribution in [-0.4, -0.2) is 27.5 Å². The minimum atomic E-state index is -3.74. The molecule has 1 N–H and O–H groups in total. The van der Waals surface area contributed by atoms with Gasteiger partial charge in [0.1, 0.15) is 9.77 Å². The van der Waals surface area contributed by atoms with Gasteiger partial charge < -0.3 is 4.74 Å². The van der Waals surface area contributed by atoms with E-state index >= 15 is 0 Å². The molecule has 1 atom stereocenters. The number of sulfonamides is 1. The van der Waals surface area contributed by atoms with E-state index in [1.54, 1.807) is 23.6 Å². The van der Waals surface area contributed by atoms with Crippen LogP contribution in [0.1, 0.15) is 21.5 Å². The van der Waals surface area contributed by atoms with Crippen LogP contribution in [0, 0.1) is 0 Å². The Morgan fingerprint density at radius 2 is 2.10 bits per heavy atom. The minimum absolute atomic E-state index is 0.0302. The van der Waals surface area contributed by atoms with Crippen LogP contribution in [0.25, 0.3) is 0 Å². The fraction of sp³-hybridized carbons (Fsp3) is 0.308. The Kier molecular flexibility index (Phi) is 5.15. The van der Waals surface area contributed by atoms with Crippen molar-refractivity contribution in [1.29, 1.82) is 0 Å². The number of rotatable bonds is 6. The summed E-state index contributed by atoms with van der Waals surface area (Å²) in [4.78, 5) is 12.7. The fourth-order valence-electron chi connectivity index (χ4n) is 1.85. The molecule has 0 radical (unpaired) electrons. The number of thiophene rings is 2. The van der Waals surface area contributed by atoms with E-state index in [9.17, 15) is 13.2 Å². The smallest absolute Gasteiger partial charge is 0.349 e. The van der Waals surface area contributed by atoms with Gasteiger partial charge in [-0.1, -0.05) is 6.07 Å².